The summed E-state index contributed by atoms with van der Waals surface area (Å²) in [5, 5.41) is 0. The van der Waals surface area contributed by atoms with Crippen LogP contribution < -0.4 is 3.53 Å². The first-order valence-corrected chi connectivity index (χ1v) is 5.94. The zero-order valence-electron chi connectivity index (χ0n) is 7.89. The molecule has 14 heavy (non-hydrogen) atoms. The third kappa shape index (κ3) is 2.08. The van der Waals surface area contributed by atoms with Gasteiger partial charge in [0.05, 0.1) is 0 Å². The third-order valence-electron chi connectivity index (χ3n) is 3.01. The molecule has 0 spiro atoms. The van der Waals surface area contributed by atoms with Gasteiger partial charge in [-0.3, -0.25) is 3.53 Å². The number of benzene rings is 1. The molecular formula is C11H13FIN. The summed E-state index contributed by atoms with van der Waals surface area (Å²) in [5.41, 5.74) is 1.65. The molecule has 0 heterocycles. The molecule has 1 aliphatic carbocycles. The molecule has 0 aliphatic heterocycles. The Kier molecular flexibility index (Phi) is 3.07. The van der Waals surface area contributed by atoms with Crippen molar-refractivity contribution in [3.05, 3.63) is 35.6 Å². The normalized spacial score (nSPS) is 18.1. The van der Waals surface area contributed by atoms with Gasteiger partial charge in [-0.25, -0.2) is 4.39 Å². The van der Waals surface area contributed by atoms with Crippen LogP contribution in [0.3, 0.4) is 0 Å². The van der Waals surface area contributed by atoms with Crippen molar-refractivity contribution in [2.24, 2.45) is 0 Å². The van der Waals surface area contributed by atoms with Crippen LogP contribution in [0, 0.1) is 5.82 Å². The van der Waals surface area contributed by atoms with Gasteiger partial charge < -0.3 is 0 Å². The Bertz CT molecular complexity index is 306. The summed E-state index contributed by atoms with van der Waals surface area (Å²) in [6.45, 7) is 1.03. The lowest BCUT2D eigenvalue weighted by Gasteiger charge is -2.14. The van der Waals surface area contributed by atoms with Crippen LogP contribution in [0.15, 0.2) is 24.3 Å². The molecule has 2 rings (SSSR count). The van der Waals surface area contributed by atoms with Crippen LogP contribution in [-0.4, -0.2) is 6.54 Å². The average molecular weight is 305 g/mol. The summed E-state index contributed by atoms with van der Waals surface area (Å²) in [6.07, 6.45) is 3.65. The molecule has 0 unspecified atom stereocenters. The lowest BCUT2D eigenvalue weighted by Crippen LogP contribution is -2.13. The van der Waals surface area contributed by atoms with Crippen molar-refractivity contribution in [1.29, 1.82) is 0 Å². The second-order valence-electron chi connectivity index (χ2n) is 3.92. The van der Waals surface area contributed by atoms with Gasteiger partial charge in [0.2, 0.25) is 0 Å². The summed E-state index contributed by atoms with van der Waals surface area (Å²) in [6, 6.07) is 6.98. The molecule has 0 atom stereocenters. The fraction of sp³-hybridized carbons (Fsp3) is 0.455. The highest BCUT2D eigenvalue weighted by atomic mass is 127. The van der Waals surface area contributed by atoms with Gasteiger partial charge in [-0.05, 0) is 42.4 Å². The molecular weight excluding hydrogens is 292 g/mol. The lowest BCUT2D eigenvalue weighted by molar-refractivity contribution is 0.607. The second kappa shape index (κ2) is 4.14. The zero-order chi connectivity index (χ0) is 10.0. The molecule has 0 bridgehead atoms. The quantitative estimate of drug-likeness (QED) is 0.665. The number of halogens is 2. The fourth-order valence-electron chi connectivity index (χ4n) is 1.92. The van der Waals surface area contributed by atoms with Crippen LogP contribution in [0.5, 0.6) is 0 Å². The van der Waals surface area contributed by atoms with Crippen molar-refractivity contribution < 1.29 is 4.39 Å². The minimum Gasteiger partial charge on any atom is -0.261 e. The SMILES string of the molecule is Fc1ccc(C2(CCNI)CC2)cc1. The van der Waals surface area contributed by atoms with E-state index in [0.29, 0.717) is 5.41 Å². The minimum absolute atomic E-state index is 0.142. The molecule has 3 heteroatoms. The van der Waals surface area contributed by atoms with Crippen molar-refractivity contribution in [3.8, 4) is 0 Å². The summed E-state index contributed by atoms with van der Waals surface area (Å²) in [7, 11) is 0. The van der Waals surface area contributed by atoms with E-state index in [1.165, 1.54) is 18.4 Å². The van der Waals surface area contributed by atoms with Gasteiger partial charge in [-0.2, -0.15) is 0 Å². The van der Waals surface area contributed by atoms with E-state index >= 15 is 0 Å². The van der Waals surface area contributed by atoms with E-state index in [2.05, 4.69) is 26.4 Å². The number of hydrogen-bond donors (Lipinski definition) is 1. The zero-order valence-corrected chi connectivity index (χ0v) is 10.1. The topological polar surface area (TPSA) is 12.0 Å². The smallest absolute Gasteiger partial charge is 0.123 e. The van der Waals surface area contributed by atoms with Crippen LogP contribution >= 0.6 is 22.9 Å². The molecule has 1 aromatic carbocycles. The summed E-state index contributed by atoms with van der Waals surface area (Å²) in [4.78, 5) is 0. The van der Waals surface area contributed by atoms with E-state index < -0.39 is 0 Å². The third-order valence-corrected chi connectivity index (χ3v) is 3.55. The van der Waals surface area contributed by atoms with Gasteiger partial charge in [0.15, 0.2) is 0 Å². The molecule has 0 amide bonds. The van der Waals surface area contributed by atoms with Crippen molar-refractivity contribution in [1.82, 2.24) is 3.53 Å². The highest BCUT2D eigenvalue weighted by Gasteiger charge is 2.43. The number of rotatable bonds is 4. The Morgan fingerprint density at radius 2 is 1.93 bits per heavy atom. The van der Waals surface area contributed by atoms with E-state index in [1.807, 2.05) is 12.1 Å². The van der Waals surface area contributed by atoms with E-state index in [4.69, 9.17) is 0 Å². The second-order valence-corrected chi connectivity index (χ2v) is 4.68. The Morgan fingerprint density at radius 1 is 1.29 bits per heavy atom. The number of nitrogens with one attached hydrogen (secondary N) is 1. The first kappa shape index (κ1) is 10.4. The van der Waals surface area contributed by atoms with E-state index in [-0.39, 0.29) is 5.82 Å². The first-order chi connectivity index (χ1) is 6.77. The standard InChI is InChI=1S/C11H13FIN/c12-10-3-1-9(2-4-10)11(5-6-11)7-8-14-13/h1-4,14H,5-8H2. The van der Waals surface area contributed by atoms with Crippen LogP contribution in [0.25, 0.3) is 0 Å². The van der Waals surface area contributed by atoms with Gasteiger partial charge in [0.25, 0.3) is 0 Å². The first-order valence-electron chi connectivity index (χ1n) is 4.86. The van der Waals surface area contributed by atoms with Gasteiger partial charge in [-0.1, -0.05) is 12.1 Å². The largest absolute Gasteiger partial charge is 0.261 e. The van der Waals surface area contributed by atoms with Crippen molar-refractivity contribution in [2.45, 2.75) is 24.7 Å². The highest BCUT2D eigenvalue weighted by molar-refractivity contribution is 14.1. The Balaban J connectivity index is 2.10. The van der Waals surface area contributed by atoms with E-state index in [0.717, 1.165) is 13.0 Å². The lowest BCUT2D eigenvalue weighted by atomic mass is 9.92. The Labute approximate surface area is 97.6 Å². The van der Waals surface area contributed by atoms with Gasteiger partial charge >= 0.3 is 0 Å². The summed E-state index contributed by atoms with van der Waals surface area (Å²) in [5.74, 6) is -0.142. The van der Waals surface area contributed by atoms with Crippen LogP contribution in [0.2, 0.25) is 0 Å². The van der Waals surface area contributed by atoms with Crippen molar-refractivity contribution >= 4 is 22.9 Å². The molecule has 1 nitrogen and oxygen atoms in total. The fourth-order valence-corrected chi connectivity index (χ4v) is 2.19. The van der Waals surface area contributed by atoms with Gasteiger partial charge in [0.1, 0.15) is 5.82 Å². The molecule has 0 radical (unpaired) electrons. The predicted octanol–water partition coefficient (Wildman–Crippen LogP) is 3.19. The van der Waals surface area contributed by atoms with Crippen LogP contribution in [0.1, 0.15) is 24.8 Å². The highest BCUT2D eigenvalue weighted by Crippen LogP contribution is 2.50. The molecule has 0 aromatic heterocycles. The molecule has 1 aliphatic rings. The maximum Gasteiger partial charge on any atom is 0.123 e. The minimum atomic E-state index is -0.142. The molecule has 0 saturated heterocycles. The molecule has 1 aromatic rings. The Morgan fingerprint density at radius 3 is 2.43 bits per heavy atom. The van der Waals surface area contributed by atoms with E-state index in [9.17, 15) is 4.39 Å². The van der Waals surface area contributed by atoms with Gasteiger partial charge in [-0.15, -0.1) is 0 Å². The monoisotopic (exact) mass is 305 g/mol. The number of hydrogen-bond acceptors (Lipinski definition) is 1. The molecule has 1 N–H and O–H groups in total. The Hall–Kier alpha value is -0.160. The molecule has 1 saturated carbocycles. The maximum absolute atomic E-state index is 12.7. The maximum atomic E-state index is 12.7. The molecule has 76 valence electrons. The predicted molar refractivity (Wildman–Crippen MR) is 64.0 cm³/mol. The van der Waals surface area contributed by atoms with E-state index in [1.54, 1.807) is 12.1 Å². The van der Waals surface area contributed by atoms with Crippen molar-refractivity contribution in [2.75, 3.05) is 6.54 Å². The van der Waals surface area contributed by atoms with Crippen LogP contribution in [-0.2, 0) is 5.41 Å². The van der Waals surface area contributed by atoms with Gasteiger partial charge in [0, 0.05) is 29.4 Å². The summed E-state index contributed by atoms with van der Waals surface area (Å²) < 4.78 is 15.9. The average Bonchev–Trinajstić information content (AvgIpc) is 2.97. The van der Waals surface area contributed by atoms with Crippen LogP contribution in [0.4, 0.5) is 4.39 Å². The molecule has 1 fully saturated rings. The summed E-state index contributed by atoms with van der Waals surface area (Å²) >= 11 is 2.17. The van der Waals surface area contributed by atoms with Crippen molar-refractivity contribution in [3.63, 3.8) is 0 Å².